The summed E-state index contributed by atoms with van der Waals surface area (Å²) in [5, 5.41) is -0.689. The summed E-state index contributed by atoms with van der Waals surface area (Å²) in [5.74, 6) is -11.4. The van der Waals surface area contributed by atoms with Crippen molar-refractivity contribution in [3.63, 3.8) is 0 Å². The van der Waals surface area contributed by atoms with Crippen LogP contribution in [0.4, 0.5) is 39.5 Å². The molecule has 1 nitrogen and oxygen atoms in total. The van der Waals surface area contributed by atoms with Crippen molar-refractivity contribution in [2.75, 3.05) is 0 Å². The van der Waals surface area contributed by atoms with Crippen molar-refractivity contribution in [2.24, 2.45) is 0 Å². The lowest BCUT2D eigenvalue weighted by molar-refractivity contribution is -0.187. The van der Waals surface area contributed by atoms with Crippen molar-refractivity contribution < 1.29 is 44.3 Å². The molecule has 0 amide bonds. The van der Waals surface area contributed by atoms with E-state index in [-0.39, 0.29) is 11.1 Å². The third kappa shape index (κ3) is 7.27. The zero-order valence-corrected chi connectivity index (χ0v) is 25.3. The molecule has 5 rings (SSSR count). The molecule has 5 aromatic carbocycles. The molecule has 0 aliphatic carbocycles. The average Bonchev–Trinajstić information content (AvgIpc) is 2.99. The Kier molecular flexibility index (Phi) is 9.91. The van der Waals surface area contributed by atoms with Crippen LogP contribution in [0.25, 0.3) is 33.4 Å². The number of hydrogen-bond acceptors (Lipinski definition) is 1. The van der Waals surface area contributed by atoms with Crippen LogP contribution in [0.1, 0.15) is 37.3 Å². The second-order valence-corrected chi connectivity index (χ2v) is 11.2. The molecule has 0 bridgehead atoms. The van der Waals surface area contributed by atoms with Gasteiger partial charge in [-0.1, -0.05) is 67.8 Å². The van der Waals surface area contributed by atoms with E-state index in [4.69, 9.17) is 11.6 Å². The minimum Gasteiger partial charge on any atom is -0.429 e. The molecule has 0 aromatic heterocycles. The second-order valence-electron chi connectivity index (χ2n) is 10.8. The van der Waals surface area contributed by atoms with Crippen LogP contribution in [-0.4, -0.2) is 0 Å². The zero-order chi connectivity index (χ0) is 34.0. The lowest BCUT2D eigenvalue weighted by Crippen LogP contribution is -2.24. The van der Waals surface area contributed by atoms with Gasteiger partial charge in [0.15, 0.2) is 17.5 Å². The lowest BCUT2D eigenvalue weighted by atomic mass is 9.98. The average molecular weight is 679 g/mol. The molecule has 0 saturated carbocycles. The van der Waals surface area contributed by atoms with Gasteiger partial charge in [-0.3, -0.25) is 0 Å². The Labute approximate surface area is 269 Å². The summed E-state index contributed by atoms with van der Waals surface area (Å²) < 4.78 is 136. The first-order valence-electron chi connectivity index (χ1n) is 14.4. The van der Waals surface area contributed by atoms with Crippen LogP contribution in [0.2, 0.25) is 5.02 Å². The standard InChI is InChI=1S/C36H24ClF9O/c1-2-3-4-5-19-6-8-20(9-7-19)22-12-26(37)34(30(41)14-22)36(45,46)47-24-17-28(39)33(29(40)18-24)21-10-11-25(27(38)13-21)23-15-31(42)35(44)32(43)16-23/h6-18H,2-5H2,1H3. The molecule has 0 N–H and O–H groups in total. The molecule has 0 unspecified atom stereocenters. The first-order valence-corrected chi connectivity index (χ1v) is 14.8. The van der Waals surface area contributed by atoms with E-state index in [9.17, 15) is 17.6 Å². The molecule has 0 heterocycles. The Bertz CT molecular complexity index is 1870. The van der Waals surface area contributed by atoms with Gasteiger partial charge in [0.2, 0.25) is 0 Å². The predicted molar refractivity (Wildman–Crippen MR) is 162 cm³/mol. The van der Waals surface area contributed by atoms with Crippen molar-refractivity contribution in [3.05, 3.63) is 136 Å². The first kappa shape index (κ1) is 33.9. The van der Waals surface area contributed by atoms with Gasteiger partial charge in [0.25, 0.3) is 0 Å². The monoisotopic (exact) mass is 678 g/mol. The number of rotatable bonds is 10. The van der Waals surface area contributed by atoms with Crippen LogP contribution < -0.4 is 4.74 Å². The highest BCUT2D eigenvalue weighted by Gasteiger charge is 2.41. The number of hydrogen-bond donors (Lipinski definition) is 0. The summed E-state index contributed by atoms with van der Waals surface area (Å²) in [6.45, 7) is 2.09. The van der Waals surface area contributed by atoms with E-state index in [1.807, 2.05) is 12.1 Å². The third-order valence-electron chi connectivity index (χ3n) is 7.50. The summed E-state index contributed by atoms with van der Waals surface area (Å²) in [6.07, 6.45) is -0.465. The SMILES string of the molecule is CCCCCc1ccc(-c2cc(F)c(C(F)(F)Oc3cc(F)c(-c4ccc(-c5cc(F)c(F)c(F)c5)c(F)c4)c(F)c3)c(Cl)c2)cc1. The van der Waals surface area contributed by atoms with Crippen molar-refractivity contribution in [3.8, 4) is 39.1 Å². The first-order chi connectivity index (χ1) is 22.3. The quantitative estimate of drug-likeness (QED) is 0.0811. The maximum atomic E-state index is 15.2. The summed E-state index contributed by atoms with van der Waals surface area (Å²) in [5.41, 5.74) is -1.56. The van der Waals surface area contributed by atoms with Gasteiger partial charge in [0.1, 0.15) is 34.6 Å². The highest BCUT2D eigenvalue weighted by atomic mass is 35.5. The van der Waals surface area contributed by atoms with Gasteiger partial charge in [0.05, 0.1) is 10.6 Å². The van der Waals surface area contributed by atoms with E-state index in [2.05, 4.69) is 11.7 Å². The number of halogens is 10. The molecule has 11 heteroatoms. The summed E-state index contributed by atoms with van der Waals surface area (Å²) in [7, 11) is 0. The van der Waals surface area contributed by atoms with Crippen molar-refractivity contribution in [2.45, 2.75) is 38.7 Å². The van der Waals surface area contributed by atoms with Crippen molar-refractivity contribution in [1.29, 1.82) is 0 Å². The van der Waals surface area contributed by atoms with Gasteiger partial charge in [-0.15, -0.1) is 0 Å². The normalized spacial score (nSPS) is 11.6. The number of ether oxygens (including phenoxy) is 1. The Hall–Kier alpha value is -4.44. The van der Waals surface area contributed by atoms with Gasteiger partial charge in [-0.05, 0) is 71.0 Å². The van der Waals surface area contributed by atoms with Crippen LogP contribution in [-0.2, 0) is 12.5 Å². The number of benzene rings is 5. The predicted octanol–water partition coefficient (Wildman–Crippen LogP) is 12.2. The van der Waals surface area contributed by atoms with Gasteiger partial charge >= 0.3 is 6.11 Å². The fourth-order valence-corrected chi connectivity index (χ4v) is 5.48. The van der Waals surface area contributed by atoms with E-state index >= 15 is 22.0 Å². The Morgan fingerprint density at radius 2 is 1.17 bits per heavy atom. The minimum atomic E-state index is -4.48. The summed E-state index contributed by atoms with van der Waals surface area (Å²) >= 11 is 6.07. The molecule has 5 aromatic rings. The van der Waals surface area contributed by atoms with E-state index in [1.54, 1.807) is 12.1 Å². The molecule has 0 aliphatic rings. The molecule has 0 fully saturated rings. The van der Waals surface area contributed by atoms with Crippen LogP contribution in [0.3, 0.4) is 0 Å². The van der Waals surface area contributed by atoms with E-state index in [0.29, 0.717) is 35.9 Å². The van der Waals surface area contributed by atoms with Gasteiger partial charge in [0, 0.05) is 17.7 Å². The Morgan fingerprint density at radius 3 is 1.74 bits per heavy atom. The smallest absolute Gasteiger partial charge is 0.429 e. The van der Waals surface area contributed by atoms with Crippen LogP contribution >= 0.6 is 11.6 Å². The fourth-order valence-electron chi connectivity index (χ4n) is 5.16. The topological polar surface area (TPSA) is 9.23 Å². The molecule has 0 saturated heterocycles. The van der Waals surface area contributed by atoms with Crippen molar-refractivity contribution in [1.82, 2.24) is 0 Å². The highest BCUT2D eigenvalue weighted by Crippen LogP contribution is 2.41. The number of unbranched alkanes of at least 4 members (excludes halogenated alkanes) is 2. The zero-order valence-electron chi connectivity index (χ0n) is 24.5. The fraction of sp³-hybridized carbons (Fsp3) is 0.167. The molecule has 0 spiro atoms. The van der Waals surface area contributed by atoms with Gasteiger partial charge in [-0.25, -0.2) is 30.7 Å². The Morgan fingerprint density at radius 1 is 0.596 bits per heavy atom. The van der Waals surface area contributed by atoms with Gasteiger partial charge < -0.3 is 4.74 Å². The minimum absolute atomic E-state index is 0.224. The van der Waals surface area contributed by atoms with Crippen molar-refractivity contribution >= 4 is 11.6 Å². The molecule has 0 atom stereocenters. The van der Waals surface area contributed by atoms with E-state index in [1.165, 1.54) is 0 Å². The number of alkyl halides is 2. The highest BCUT2D eigenvalue weighted by molar-refractivity contribution is 6.31. The lowest BCUT2D eigenvalue weighted by Gasteiger charge is -2.21. The maximum Gasteiger partial charge on any atom is 0.431 e. The molecule has 0 aliphatic heterocycles. The molecular formula is C36H24ClF9O. The van der Waals surface area contributed by atoms with Crippen LogP contribution in [0, 0.1) is 40.7 Å². The van der Waals surface area contributed by atoms with Crippen LogP contribution in [0.5, 0.6) is 5.75 Å². The summed E-state index contributed by atoms with van der Waals surface area (Å²) in [4.78, 5) is 0. The number of aryl methyl sites for hydroxylation is 1. The molecule has 244 valence electrons. The molecule has 0 radical (unpaired) electrons. The maximum absolute atomic E-state index is 15.2. The third-order valence-corrected chi connectivity index (χ3v) is 7.80. The largest absolute Gasteiger partial charge is 0.431 e. The molecule has 47 heavy (non-hydrogen) atoms. The van der Waals surface area contributed by atoms with E-state index < -0.39 is 79.9 Å². The Balaban J connectivity index is 1.38. The summed E-state index contributed by atoms with van der Waals surface area (Å²) in [6, 6.07) is 13.6. The van der Waals surface area contributed by atoms with Gasteiger partial charge in [-0.2, -0.15) is 8.78 Å². The van der Waals surface area contributed by atoms with E-state index in [0.717, 1.165) is 55.5 Å². The van der Waals surface area contributed by atoms with Crippen LogP contribution in [0.15, 0.2) is 78.9 Å². The molecular weight excluding hydrogens is 655 g/mol. The second kappa shape index (κ2) is 13.7.